The van der Waals surface area contributed by atoms with Crippen LogP contribution in [0.2, 0.25) is 0 Å². The number of phenols is 2. The van der Waals surface area contributed by atoms with Crippen molar-refractivity contribution < 1.29 is 59.1 Å². The molecule has 2 heterocycles. The van der Waals surface area contributed by atoms with Gasteiger partial charge in [-0.05, 0) is 6.07 Å². The number of aliphatic hydroxyl groups is 4. The van der Waals surface area contributed by atoms with Gasteiger partial charge in [-0.25, -0.2) is 0 Å². The van der Waals surface area contributed by atoms with Gasteiger partial charge in [0.2, 0.25) is 12.0 Å². The largest absolute Gasteiger partial charge is 0.507 e. The number of fused-ring (bicyclic) bond motifs is 1. The molecule has 2 aromatic carbocycles. The molecule has 0 radical (unpaired) electrons. The Morgan fingerprint density at radius 3 is 2.34 bits per heavy atom. The van der Waals surface area contributed by atoms with Crippen LogP contribution in [0.5, 0.6) is 34.5 Å². The van der Waals surface area contributed by atoms with Crippen molar-refractivity contribution in [1.29, 1.82) is 0 Å². The molecular formula is C23H26O12. The number of hydrogen-bond donors (Lipinski definition) is 6. The molecule has 12 nitrogen and oxygen atoms in total. The smallest absolute Gasteiger partial charge is 0.229 e. The molecular weight excluding hydrogens is 468 g/mol. The first-order chi connectivity index (χ1) is 16.7. The first-order valence-electron chi connectivity index (χ1n) is 10.7. The predicted octanol–water partition coefficient (Wildman–Crippen LogP) is -0.347. The van der Waals surface area contributed by atoms with Crippen molar-refractivity contribution >= 4 is 5.78 Å². The molecule has 0 aromatic heterocycles. The number of aliphatic hydroxyl groups excluding tert-OH is 4. The normalized spacial score (nSPS) is 28.1. The van der Waals surface area contributed by atoms with Gasteiger partial charge in [0.1, 0.15) is 53.8 Å². The molecule has 6 unspecified atom stereocenters. The Bertz CT molecular complexity index is 1100. The topological polar surface area (TPSA) is 185 Å². The average molecular weight is 494 g/mol. The van der Waals surface area contributed by atoms with Gasteiger partial charge in [-0.3, -0.25) is 4.79 Å². The lowest BCUT2D eigenvalue weighted by molar-refractivity contribution is -0.277. The van der Waals surface area contributed by atoms with Crippen LogP contribution in [0.3, 0.4) is 0 Å². The number of aromatic hydroxyl groups is 2. The standard InChI is InChI=1S/C23H26O12/c1-31-21-10(3-4-12(25)22(21)32-2)11-8-33-14-6-9(5-13(26)16(14)17(11)27)34-23-20(30)19(29)18(28)15(7-24)35-23/h3-6,11,15,18-20,23-26,28-30H,7-8H2,1-2H3. The van der Waals surface area contributed by atoms with Gasteiger partial charge in [0, 0.05) is 17.7 Å². The van der Waals surface area contributed by atoms with Gasteiger partial charge in [0.15, 0.2) is 17.3 Å². The fraction of sp³-hybridized carbons (Fsp3) is 0.435. The van der Waals surface area contributed by atoms with Gasteiger partial charge in [-0.15, -0.1) is 0 Å². The highest BCUT2D eigenvalue weighted by Gasteiger charge is 2.45. The Kier molecular flexibility index (Phi) is 6.92. The maximum Gasteiger partial charge on any atom is 0.229 e. The summed E-state index contributed by atoms with van der Waals surface area (Å²) in [6.07, 6.45) is -7.52. The first-order valence-corrected chi connectivity index (χ1v) is 10.7. The van der Waals surface area contributed by atoms with E-state index in [0.717, 1.165) is 6.07 Å². The lowest BCUT2D eigenvalue weighted by Gasteiger charge is -2.39. The Morgan fingerprint density at radius 1 is 0.971 bits per heavy atom. The van der Waals surface area contributed by atoms with Gasteiger partial charge < -0.3 is 54.3 Å². The highest BCUT2D eigenvalue weighted by molar-refractivity contribution is 6.07. The third-order valence-electron chi connectivity index (χ3n) is 6.03. The van der Waals surface area contributed by atoms with Crippen molar-refractivity contribution in [3.05, 3.63) is 35.4 Å². The summed E-state index contributed by atoms with van der Waals surface area (Å²) in [4.78, 5) is 13.3. The van der Waals surface area contributed by atoms with E-state index < -0.39 is 54.8 Å². The average Bonchev–Trinajstić information content (AvgIpc) is 2.84. The number of hydrogen-bond acceptors (Lipinski definition) is 12. The second-order valence-electron chi connectivity index (χ2n) is 8.10. The number of rotatable bonds is 6. The quantitative estimate of drug-likeness (QED) is 0.307. The maximum atomic E-state index is 13.3. The molecule has 0 spiro atoms. The van der Waals surface area contributed by atoms with E-state index in [9.17, 15) is 35.4 Å². The van der Waals surface area contributed by atoms with Gasteiger partial charge in [-0.1, -0.05) is 6.07 Å². The summed E-state index contributed by atoms with van der Waals surface area (Å²) in [6.45, 7) is -0.760. The van der Waals surface area contributed by atoms with Crippen molar-refractivity contribution in [2.24, 2.45) is 0 Å². The van der Waals surface area contributed by atoms with E-state index in [4.69, 9.17) is 23.7 Å². The Hall–Kier alpha value is -3.29. The monoisotopic (exact) mass is 494 g/mol. The fourth-order valence-electron chi connectivity index (χ4n) is 4.21. The molecule has 2 aliphatic rings. The number of benzene rings is 2. The van der Waals surface area contributed by atoms with Crippen LogP contribution in [0, 0.1) is 0 Å². The van der Waals surface area contributed by atoms with Crippen molar-refractivity contribution in [2.75, 3.05) is 27.4 Å². The number of ether oxygens (including phenoxy) is 5. The second kappa shape index (κ2) is 9.76. The van der Waals surface area contributed by atoms with Crippen LogP contribution in [-0.4, -0.2) is 94.6 Å². The summed E-state index contributed by atoms with van der Waals surface area (Å²) in [5.41, 5.74) is 0.273. The number of phenolic OH excluding ortho intramolecular Hbond substituents is 2. The molecule has 2 aliphatic heterocycles. The molecule has 0 amide bonds. The SMILES string of the molecule is COc1c(O)ccc(C2COc3cc(OC4OC(CO)C(O)C(O)C4O)cc(O)c3C2=O)c1OC. The Balaban J connectivity index is 1.62. The lowest BCUT2D eigenvalue weighted by atomic mass is 9.87. The van der Waals surface area contributed by atoms with Gasteiger partial charge in [0.25, 0.3) is 0 Å². The third-order valence-corrected chi connectivity index (χ3v) is 6.03. The minimum Gasteiger partial charge on any atom is -0.507 e. The zero-order chi connectivity index (χ0) is 25.4. The molecule has 6 atom stereocenters. The molecule has 2 aromatic rings. The molecule has 0 saturated carbocycles. The van der Waals surface area contributed by atoms with Gasteiger partial charge >= 0.3 is 0 Å². The number of carbonyl (C=O) groups excluding carboxylic acids is 1. The van der Waals surface area contributed by atoms with Crippen LogP contribution in [0.25, 0.3) is 0 Å². The molecule has 0 bridgehead atoms. The van der Waals surface area contributed by atoms with Crippen molar-refractivity contribution in [3.8, 4) is 34.5 Å². The lowest BCUT2D eigenvalue weighted by Crippen LogP contribution is -2.60. The van der Waals surface area contributed by atoms with Crippen LogP contribution >= 0.6 is 0 Å². The van der Waals surface area contributed by atoms with Crippen molar-refractivity contribution in [1.82, 2.24) is 0 Å². The van der Waals surface area contributed by atoms with Gasteiger partial charge in [0.05, 0.1) is 26.7 Å². The minimum atomic E-state index is -1.66. The number of ketones is 1. The summed E-state index contributed by atoms with van der Waals surface area (Å²) in [6, 6.07) is 5.27. The van der Waals surface area contributed by atoms with E-state index in [1.165, 1.54) is 32.4 Å². The number of carbonyl (C=O) groups is 1. The first kappa shape index (κ1) is 24.8. The zero-order valence-electron chi connectivity index (χ0n) is 18.8. The fourth-order valence-corrected chi connectivity index (χ4v) is 4.21. The van der Waals surface area contributed by atoms with Crippen LogP contribution in [0.15, 0.2) is 24.3 Å². The van der Waals surface area contributed by atoms with Crippen molar-refractivity contribution in [3.63, 3.8) is 0 Å². The highest BCUT2D eigenvalue weighted by Crippen LogP contribution is 2.46. The van der Waals surface area contributed by atoms with Crippen LogP contribution in [0.1, 0.15) is 21.8 Å². The number of methoxy groups -OCH3 is 2. The van der Waals surface area contributed by atoms with E-state index in [0.29, 0.717) is 5.56 Å². The van der Waals surface area contributed by atoms with E-state index in [2.05, 4.69) is 0 Å². The minimum absolute atomic E-state index is 0.00977. The Morgan fingerprint density at radius 2 is 1.69 bits per heavy atom. The summed E-state index contributed by atoms with van der Waals surface area (Å²) in [7, 11) is 2.71. The summed E-state index contributed by atoms with van der Waals surface area (Å²) in [5.74, 6) is -1.84. The summed E-state index contributed by atoms with van der Waals surface area (Å²) in [5, 5.41) is 60.0. The third kappa shape index (κ3) is 4.30. The second-order valence-corrected chi connectivity index (χ2v) is 8.10. The highest BCUT2D eigenvalue weighted by atomic mass is 16.7. The van der Waals surface area contributed by atoms with Crippen LogP contribution < -0.4 is 18.9 Å². The van der Waals surface area contributed by atoms with Crippen LogP contribution in [-0.2, 0) is 4.74 Å². The summed E-state index contributed by atoms with van der Waals surface area (Å²) < 4.78 is 27.1. The van der Waals surface area contributed by atoms with E-state index in [1.54, 1.807) is 0 Å². The van der Waals surface area contributed by atoms with E-state index in [1.807, 2.05) is 0 Å². The molecule has 35 heavy (non-hydrogen) atoms. The van der Waals surface area contributed by atoms with Crippen molar-refractivity contribution in [2.45, 2.75) is 36.6 Å². The molecule has 190 valence electrons. The molecule has 6 N–H and O–H groups in total. The molecule has 1 saturated heterocycles. The van der Waals surface area contributed by atoms with E-state index in [-0.39, 0.29) is 40.9 Å². The zero-order valence-corrected chi connectivity index (χ0v) is 18.8. The molecule has 12 heteroatoms. The summed E-state index contributed by atoms with van der Waals surface area (Å²) >= 11 is 0. The van der Waals surface area contributed by atoms with E-state index >= 15 is 0 Å². The Labute approximate surface area is 199 Å². The predicted molar refractivity (Wildman–Crippen MR) is 116 cm³/mol. The van der Waals surface area contributed by atoms with Crippen LogP contribution in [0.4, 0.5) is 0 Å². The molecule has 1 fully saturated rings. The number of Topliss-reactive ketones (excluding diaryl/α,β-unsaturated/α-hetero) is 1. The molecule has 0 aliphatic carbocycles. The molecule has 4 rings (SSSR count). The maximum absolute atomic E-state index is 13.3. The van der Waals surface area contributed by atoms with Gasteiger partial charge in [-0.2, -0.15) is 0 Å².